The molecule has 2 aliphatic heterocycles. The van der Waals surface area contributed by atoms with Crippen molar-refractivity contribution < 1.29 is 14.3 Å². The summed E-state index contributed by atoms with van der Waals surface area (Å²) in [7, 11) is 0. The van der Waals surface area contributed by atoms with Crippen molar-refractivity contribution in [2.45, 2.75) is 32.2 Å². The van der Waals surface area contributed by atoms with E-state index < -0.39 is 5.79 Å². The maximum atomic E-state index is 11.0. The molecule has 2 rings (SSSR count). The molecule has 2 heterocycles. The Bertz CT molecular complexity index is 227. The molecule has 0 unspecified atom stereocenters. The predicted octanol–water partition coefficient (Wildman–Crippen LogP) is 0.274. The Balaban J connectivity index is 1.93. The first kappa shape index (κ1) is 8.97. The maximum Gasteiger partial charge on any atom is 0.220 e. The molecule has 0 aromatic rings. The van der Waals surface area contributed by atoms with Crippen LogP contribution in [0.15, 0.2) is 0 Å². The minimum Gasteiger partial charge on any atom is -0.356 e. The number of nitrogens with one attached hydrogen (secondary N) is 1. The third-order valence-corrected chi connectivity index (χ3v) is 2.57. The fraction of sp³-hybridized carbons (Fsp3) is 0.889. The van der Waals surface area contributed by atoms with Crippen LogP contribution in [0.5, 0.6) is 0 Å². The second-order valence-electron chi connectivity index (χ2n) is 4.14. The lowest BCUT2D eigenvalue weighted by molar-refractivity contribution is -0.144. The SMILES string of the molecule is CC1(C)OC[C@H]([C@@H]2CNC(=O)C2)O1. The topological polar surface area (TPSA) is 47.6 Å². The van der Waals surface area contributed by atoms with Crippen molar-refractivity contribution in [3.8, 4) is 0 Å². The molecule has 0 aliphatic carbocycles. The van der Waals surface area contributed by atoms with Gasteiger partial charge in [-0.05, 0) is 13.8 Å². The molecule has 0 radical (unpaired) electrons. The second-order valence-corrected chi connectivity index (χ2v) is 4.14. The molecule has 2 atom stereocenters. The molecule has 0 spiro atoms. The van der Waals surface area contributed by atoms with Gasteiger partial charge >= 0.3 is 0 Å². The Labute approximate surface area is 77.6 Å². The molecule has 4 heteroatoms. The van der Waals surface area contributed by atoms with Crippen molar-refractivity contribution in [2.75, 3.05) is 13.2 Å². The number of hydrogen-bond acceptors (Lipinski definition) is 3. The van der Waals surface area contributed by atoms with Crippen LogP contribution in [-0.2, 0) is 14.3 Å². The van der Waals surface area contributed by atoms with Crippen LogP contribution in [0.1, 0.15) is 20.3 Å². The highest BCUT2D eigenvalue weighted by Crippen LogP contribution is 2.29. The Morgan fingerprint density at radius 1 is 1.54 bits per heavy atom. The lowest BCUT2D eigenvalue weighted by atomic mass is 10.0. The van der Waals surface area contributed by atoms with Crippen LogP contribution in [0.25, 0.3) is 0 Å². The van der Waals surface area contributed by atoms with Gasteiger partial charge in [0.25, 0.3) is 0 Å². The van der Waals surface area contributed by atoms with E-state index in [1.165, 1.54) is 0 Å². The van der Waals surface area contributed by atoms with E-state index in [0.717, 1.165) is 6.54 Å². The molecule has 0 saturated carbocycles. The number of hydrogen-bond donors (Lipinski definition) is 1. The number of rotatable bonds is 1. The van der Waals surface area contributed by atoms with Gasteiger partial charge in [0.05, 0.1) is 12.7 Å². The second kappa shape index (κ2) is 2.96. The molecule has 1 N–H and O–H groups in total. The third-order valence-electron chi connectivity index (χ3n) is 2.57. The maximum absolute atomic E-state index is 11.0. The molecule has 0 aromatic heterocycles. The molecular formula is C9H15NO3. The molecule has 2 saturated heterocycles. The van der Waals surface area contributed by atoms with Gasteiger partial charge in [-0.25, -0.2) is 0 Å². The molecule has 0 bridgehead atoms. The largest absolute Gasteiger partial charge is 0.356 e. The van der Waals surface area contributed by atoms with Crippen molar-refractivity contribution in [1.82, 2.24) is 5.32 Å². The molecule has 2 fully saturated rings. The fourth-order valence-electron chi connectivity index (χ4n) is 1.84. The highest BCUT2D eigenvalue weighted by atomic mass is 16.7. The number of ether oxygens (including phenoxy) is 2. The van der Waals surface area contributed by atoms with Gasteiger partial charge in [0.15, 0.2) is 5.79 Å². The zero-order valence-electron chi connectivity index (χ0n) is 8.00. The van der Waals surface area contributed by atoms with Crippen molar-refractivity contribution in [1.29, 1.82) is 0 Å². The molecule has 4 nitrogen and oxygen atoms in total. The number of amides is 1. The smallest absolute Gasteiger partial charge is 0.220 e. The van der Waals surface area contributed by atoms with E-state index in [9.17, 15) is 4.79 Å². The fourth-order valence-corrected chi connectivity index (χ4v) is 1.84. The quantitative estimate of drug-likeness (QED) is 0.638. The summed E-state index contributed by atoms with van der Waals surface area (Å²) in [5.41, 5.74) is 0. The van der Waals surface area contributed by atoms with E-state index in [0.29, 0.717) is 13.0 Å². The molecule has 74 valence electrons. The Morgan fingerprint density at radius 3 is 2.77 bits per heavy atom. The van der Waals surface area contributed by atoms with Crippen LogP contribution in [0.2, 0.25) is 0 Å². The molecule has 1 amide bonds. The van der Waals surface area contributed by atoms with E-state index in [-0.39, 0.29) is 17.9 Å². The molecule has 0 aromatic carbocycles. The lowest BCUT2D eigenvalue weighted by Gasteiger charge is -2.19. The van der Waals surface area contributed by atoms with Crippen LogP contribution < -0.4 is 5.32 Å². The van der Waals surface area contributed by atoms with E-state index >= 15 is 0 Å². The third kappa shape index (κ3) is 1.84. The van der Waals surface area contributed by atoms with Crippen molar-refractivity contribution in [2.24, 2.45) is 5.92 Å². The highest BCUT2D eigenvalue weighted by Gasteiger charge is 2.39. The van der Waals surface area contributed by atoms with E-state index in [1.807, 2.05) is 13.8 Å². The summed E-state index contributed by atoms with van der Waals surface area (Å²) in [5.74, 6) is -0.0661. The monoisotopic (exact) mass is 185 g/mol. The summed E-state index contributed by atoms with van der Waals surface area (Å²) in [6.45, 7) is 5.13. The molecule has 13 heavy (non-hydrogen) atoms. The van der Waals surface area contributed by atoms with E-state index in [2.05, 4.69) is 5.32 Å². The molecular weight excluding hydrogens is 170 g/mol. The zero-order valence-corrected chi connectivity index (χ0v) is 8.00. The minimum atomic E-state index is -0.476. The Kier molecular flexibility index (Phi) is 2.04. The van der Waals surface area contributed by atoms with Gasteiger partial charge in [-0.1, -0.05) is 0 Å². The van der Waals surface area contributed by atoms with Crippen molar-refractivity contribution >= 4 is 5.91 Å². The zero-order chi connectivity index (χ0) is 9.47. The standard InChI is InChI=1S/C9H15NO3/c1-9(2)12-5-7(13-9)6-3-8(11)10-4-6/h6-7H,3-5H2,1-2H3,(H,10,11)/t6-,7+/m0/s1. The summed E-state index contributed by atoms with van der Waals surface area (Å²) in [5, 5.41) is 2.80. The predicted molar refractivity (Wildman–Crippen MR) is 46.0 cm³/mol. The Hall–Kier alpha value is -0.610. The normalized spacial score (nSPS) is 37.8. The first-order valence-corrected chi connectivity index (χ1v) is 4.65. The van der Waals surface area contributed by atoms with Gasteiger partial charge in [0.1, 0.15) is 0 Å². The van der Waals surface area contributed by atoms with Gasteiger partial charge in [0.2, 0.25) is 5.91 Å². The number of carbonyl (C=O) groups is 1. The average molecular weight is 185 g/mol. The van der Waals surface area contributed by atoms with Crippen molar-refractivity contribution in [3.05, 3.63) is 0 Å². The van der Waals surface area contributed by atoms with Gasteiger partial charge in [-0.2, -0.15) is 0 Å². The van der Waals surface area contributed by atoms with Crippen LogP contribution in [-0.4, -0.2) is 30.9 Å². The van der Waals surface area contributed by atoms with Gasteiger partial charge in [-0.15, -0.1) is 0 Å². The van der Waals surface area contributed by atoms with E-state index in [1.54, 1.807) is 0 Å². The van der Waals surface area contributed by atoms with Gasteiger partial charge < -0.3 is 14.8 Å². The van der Waals surface area contributed by atoms with Gasteiger partial charge in [-0.3, -0.25) is 4.79 Å². The van der Waals surface area contributed by atoms with Crippen molar-refractivity contribution in [3.63, 3.8) is 0 Å². The summed E-state index contributed by atoms with van der Waals surface area (Å²) >= 11 is 0. The van der Waals surface area contributed by atoms with Crippen LogP contribution >= 0.6 is 0 Å². The minimum absolute atomic E-state index is 0.0777. The van der Waals surface area contributed by atoms with Crippen LogP contribution in [0.4, 0.5) is 0 Å². The van der Waals surface area contributed by atoms with Crippen LogP contribution in [0, 0.1) is 5.92 Å². The summed E-state index contributed by atoms with van der Waals surface area (Å²) in [6, 6.07) is 0. The Morgan fingerprint density at radius 2 is 2.31 bits per heavy atom. The first-order chi connectivity index (χ1) is 6.07. The summed E-state index contributed by atoms with van der Waals surface area (Å²) < 4.78 is 11.1. The average Bonchev–Trinajstić information content (AvgIpc) is 2.56. The lowest BCUT2D eigenvalue weighted by Crippen LogP contribution is -2.28. The van der Waals surface area contributed by atoms with Crippen LogP contribution in [0.3, 0.4) is 0 Å². The van der Waals surface area contributed by atoms with Gasteiger partial charge in [0, 0.05) is 18.9 Å². The molecule has 2 aliphatic rings. The highest BCUT2D eigenvalue weighted by molar-refractivity contribution is 5.78. The van der Waals surface area contributed by atoms with E-state index in [4.69, 9.17) is 9.47 Å². The number of carbonyl (C=O) groups excluding carboxylic acids is 1. The summed E-state index contributed by atoms with van der Waals surface area (Å²) in [4.78, 5) is 11.0. The first-order valence-electron chi connectivity index (χ1n) is 4.65. The summed E-state index contributed by atoms with van der Waals surface area (Å²) in [6.07, 6.45) is 0.651.